The second kappa shape index (κ2) is 8.50. The normalized spacial score (nSPS) is 11.9. The van der Waals surface area contributed by atoms with Gasteiger partial charge in [0.25, 0.3) is 0 Å². The van der Waals surface area contributed by atoms with Crippen molar-refractivity contribution in [1.29, 1.82) is 0 Å². The third kappa shape index (κ3) is 6.22. The van der Waals surface area contributed by atoms with Crippen LogP contribution in [0.2, 0.25) is 0 Å². The summed E-state index contributed by atoms with van der Waals surface area (Å²) in [6.45, 7) is 2.21. The number of ether oxygens (including phenoxy) is 1. The van der Waals surface area contributed by atoms with E-state index in [1.807, 2.05) is 24.3 Å². The van der Waals surface area contributed by atoms with Crippen LogP contribution in [0.4, 0.5) is 5.69 Å². The first kappa shape index (κ1) is 15.5. The average molecular weight is 267 g/mol. The van der Waals surface area contributed by atoms with Gasteiger partial charge in [0.1, 0.15) is 0 Å². The summed E-state index contributed by atoms with van der Waals surface area (Å²) in [7, 11) is 0. The Morgan fingerprint density at radius 1 is 1.47 bits per heavy atom. The monoisotopic (exact) mass is 267 g/mol. The number of rotatable bonds is 8. The van der Waals surface area contributed by atoms with Gasteiger partial charge >= 0.3 is 5.97 Å². The number of aliphatic hydroxyl groups is 2. The Bertz CT molecular complexity index is 395. The molecular formula is C14H21NO4. The van der Waals surface area contributed by atoms with Crippen LogP contribution in [0.1, 0.15) is 18.9 Å². The van der Waals surface area contributed by atoms with E-state index in [2.05, 4.69) is 5.32 Å². The largest absolute Gasteiger partial charge is 0.466 e. The highest BCUT2D eigenvalue weighted by Gasteiger charge is 2.04. The molecule has 0 bridgehead atoms. The fourth-order valence-corrected chi connectivity index (χ4v) is 1.62. The van der Waals surface area contributed by atoms with E-state index in [1.54, 1.807) is 6.92 Å². The third-order valence-corrected chi connectivity index (χ3v) is 2.60. The minimum atomic E-state index is -0.775. The van der Waals surface area contributed by atoms with Crippen LogP contribution >= 0.6 is 0 Å². The van der Waals surface area contributed by atoms with Gasteiger partial charge in [0.15, 0.2) is 0 Å². The number of carbonyl (C=O) groups is 1. The maximum Gasteiger partial charge on any atom is 0.306 e. The van der Waals surface area contributed by atoms with Crippen LogP contribution in [0.5, 0.6) is 0 Å². The van der Waals surface area contributed by atoms with Gasteiger partial charge in [-0.2, -0.15) is 0 Å². The van der Waals surface area contributed by atoms with Crippen LogP contribution in [-0.4, -0.2) is 42.0 Å². The van der Waals surface area contributed by atoms with Gasteiger partial charge in [0.05, 0.1) is 19.3 Å². The summed E-state index contributed by atoms with van der Waals surface area (Å²) in [6.07, 6.45) is 0.205. The summed E-state index contributed by atoms with van der Waals surface area (Å²) in [4.78, 5) is 11.3. The molecule has 106 valence electrons. The van der Waals surface area contributed by atoms with Gasteiger partial charge in [-0.1, -0.05) is 12.1 Å². The number of aliphatic hydroxyl groups excluding tert-OH is 2. The van der Waals surface area contributed by atoms with E-state index in [1.165, 1.54) is 0 Å². The lowest BCUT2D eigenvalue weighted by Gasteiger charge is -2.11. The number of hydrogen-bond acceptors (Lipinski definition) is 5. The molecule has 1 atom stereocenters. The molecule has 1 aromatic rings. The fourth-order valence-electron chi connectivity index (χ4n) is 1.62. The Balaban J connectivity index is 2.45. The van der Waals surface area contributed by atoms with E-state index in [0.29, 0.717) is 19.4 Å². The Morgan fingerprint density at radius 3 is 2.95 bits per heavy atom. The maximum atomic E-state index is 11.3. The van der Waals surface area contributed by atoms with Crippen molar-refractivity contribution in [3.05, 3.63) is 29.8 Å². The number of benzene rings is 1. The minimum Gasteiger partial charge on any atom is -0.466 e. The first-order chi connectivity index (χ1) is 9.15. The van der Waals surface area contributed by atoms with E-state index in [0.717, 1.165) is 11.3 Å². The van der Waals surface area contributed by atoms with Crippen molar-refractivity contribution < 1.29 is 19.7 Å². The smallest absolute Gasteiger partial charge is 0.306 e. The molecule has 0 aliphatic carbocycles. The molecule has 1 unspecified atom stereocenters. The molecular weight excluding hydrogens is 246 g/mol. The highest BCUT2D eigenvalue weighted by molar-refractivity contribution is 5.69. The number of nitrogens with one attached hydrogen (secondary N) is 1. The molecule has 0 spiro atoms. The number of carbonyl (C=O) groups excluding carboxylic acids is 1. The minimum absolute atomic E-state index is 0.198. The molecule has 1 aromatic carbocycles. The first-order valence-corrected chi connectivity index (χ1v) is 6.43. The molecule has 0 radical (unpaired) electrons. The Kier molecular flexibility index (Phi) is 6.92. The van der Waals surface area contributed by atoms with Crippen molar-refractivity contribution in [2.45, 2.75) is 25.9 Å². The summed E-state index contributed by atoms with van der Waals surface area (Å²) < 4.78 is 4.87. The van der Waals surface area contributed by atoms with E-state index < -0.39 is 6.10 Å². The van der Waals surface area contributed by atoms with Crippen LogP contribution in [0.15, 0.2) is 24.3 Å². The van der Waals surface area contributed by atoms with Crippen LogP contribution in [0.25, 0.3) is 0 Å². The Morgan fingerprint density at radius 2 is 2.26 bits per heavy atom. The molecule has 5 heteroatoms. The zero-order chi connectivity index (χ0) is 14.1. The van der Waals surface area contributed by atoms with Crippen molar-refractivity contribution in [3.8, 4) is 0 Å². The Labute approximate surface area is 113 Å². The van der Waals surface area contributed by atoms with Crippen molar-refractivity contribution in [1.82, 2.24) is 0 Å². The van der Waals surface area contributed by atoms with E-state index in [9.17, 15) is 9.90 Å². The van der Waals surface area contributed by atoms with E-state index >= 15 is 0 Å². The molecule has 0 amide bonds. The highest BCUT2D eigenvalue weighted by atomic mass is 16.5. The van der Waals surface area contributed by atoms with Crippen LogP contribution in [0, 0.1) is 0 Å². The second-order valence-corrected chi connectivity index (χ2v) is 4.22. The zero-order valence-corrected chi connectivity index (χ0v) is 11.1. The number of hydrogen-bond donors (Lipinski definition) is 3. The maximum absolute atomic E-state index is 11.3. The van der Waals surface area contributed by atoms with Crippen molar-refractivity contribution >= 4 is 11.7 Å². The topological polar surface area (TPSA) is 78.8 Å². The fraction of sp³-hybridized carbons (Fsp3) is 0.500. The summed E-state index contributed by atoms with van der Waals surface area (Å²) in [5.74, 6) is -0.198. The average Bonchev–Trinajstić information content (AvgIpc) is 2.43. The van der Waals surface area contributed by atoms with Crippen molar-refractivity contribution in [2.24, 2.45) is 0 Å². The SMILES string of the molecule is CCOC(=O)CCc1cccc(NCC(O)CO)c1. The van der Waals surface area contributed by atoms with Gasteiger partial charge in [-0.05, 0) is 31.0 Å². The molecule has 3 N–H and O–H groups in total. The van der Waals surface area contributed by atoms with Crippen LogP contribution < -0.4 is 5.32 Å². The van der Waals surface area contributed by atoms with Gasteiger partial charge in [0, 0.05) is 18.7 Å². The first-order valence-electron chi connectivity index (χ1n) is 6.43. The van der Waals surface area contributed by atoms with Gasteiger partial charge in [-0.15, -0.1) is 0 Å². The third-order valence-electron chi connectivity index (χ3n) is 2.60. The van der Waals surface area contributed by atoms with Gasteiger partial charge in [0.2, 0.25) is 0 Å². The molecule has 1 rings (SSSR count). The van der Waals surface area contributed by atoms with Crippen LogP contribution in [-0.2, 0) is 16.0 Å². The summed E-state index contributed by atoms with van der Waals surface area (Å²) in [5, 5.41) is 21.0. The lowest BCUT2D eigenvalue weighted by Crippen LogP contribution is -2.22. The molecule has 0 fully saturated rings. The molecule has 0 aromatic heterocycles. The molecule has 5 nitrogen and oxygen atoms in total. The molecule has 19 heavy (non-hydrogen) atoms. The van der Waals surface area contributed by atoms with Gasteiger partial charge in [-0.3, -0.25) is 4.79 Å². The van der Waals surface area contributed by atoms with Crippen molar-refractivity contribution in [2.75, 3.05) is 25.1 Å². The zero-order valence-electron chi connectivity index (χ0n) is 11.1. The number of aryl methyl sites for hydroxylation is 1. The lowest BCUT2D eigenvalue weighted by atomic mass is 10.1. The molecule has 0 heterocycles. The molecule has 0 aliphatic heterocycles. The van der Waals surface area contributed by atoms with Gasteiger partial charge in [-0.25, -0.2) is 0 Å². The quantitative estimate of drug-likeness (QED) is 0.611. The van der Waals surface area contributed by atoms with E-state index in [4.69, 9.17) is 9.84 Å². The number of esters is 1. The predicted molar refractivity (Wildman–Crippen MR) is 73.0 cm³/mol. The molecule has 0 saturated carbocycles. The summed E-state index contributed by atoms with van der Waals surface area (Å²) in [5.41, 5.74) is 1.88. The summed E-state index contributed by atoms with van der Waals surface area (Å²) >= 11 is 0. The predicted octanol–water partition coefficient (Wildman–Crippen LogP) is 0.947. The Hall–Kier alpha value is -1.59. The standard InChI is InChI=1S/C14H21NO4/c1-2-19-14(18)7-6-11-4-3-5-12(8-11)15-9-13(17)10-16/h3-5,8,13,15-17H,2,6-7,9-10H2,1H3. The van der Waals surface area contributed by atoms with Gasteiger partial charge < -0.3 is 20.3 Å². The number of anilines is 1. The summed E-state index contributed by atoms with van der Waals surface area (Å²) in [6, 6.07) is 7.61. The van der Waals surface area contributed by atoms with Crippen molar-refractivity contribution in [3.63, 3.8) is 0 Å². The molecule has 0 saturated heterocycles. The lowest BCUT2D eigenvalue weighted by molar-refractivity contribution is -0.143. The highest BCUT2D eigenvalue weighted by Crippen LogP contribution is 2.12. The van der Waals surface area contributed by atoms with Crippen LogP contribution in [0.3, 0.4) is 0 Å². The van der Waals surface area contributed by atoms with E-state index in [-0.39, 0.29) is 19.1 Å². The second-order valence-electron chi connectivity index (χ2n) is 4.22. The molecule has 0 aliphatic rings.